The number of likely N-dealkylation sites (N-methyl/N-ethyl adjacent to an activating group) is 1. The van der Waals surface area contributed by atoms with Gasteiger partial charge >= 0.3 is 0 Å². The Kier molecular flexibility index (Phi) is 6.47. The number of furan rings is 1. The quantitative estimate of drug-likeness (QED) is 0.415. The number of carbonyl (C=O) groups excluding carboxylic acids is 3. The van der Waals surface area contributed by atoms with Gasteiger partial charge in [0, 0.05) is 46.9 Å². The molecule has 0 fully saturated rings. The monoisotopic (exact) mass is 518 g/mol. The highest BCUT2D eigenvalue weighted by molar-refractivity contribution is 6.26. The summed E-state index contributed by atoms with van der Waals surface area (Å²) in [4.78, 5) is 43.5. The number of fused-ring (bicyclic) bond motifs is 2. The first-order valence-electron chi connectivity index (χ1n) is 13.6. The van der Waals surface area contributed by atoms with Crippen LogP contribution < -0.4 is 5.32 Å². The van der Waals surface area contributed by atoms with Crippen LogP contribution in [0.2, 0.25) is 0 Å². The molecule has 2 aromatic carbocycles. The van der Waals surface area contributed by atoms with Gasteiger partial charge in [0.05, 0.1) is 11.6 Å². The zero-order valence-electron chi connectivity index (χ0n) is 22.1. The minimum atomic E-state index is -0.550. The van der Waals surface area contributed by atoms with Gasteiger partial charge < -0.3 is 9.73 Å². The summed E-state index contributed by atoms with van der Waals surface area (Å²) in [5.41, 5.74) is 7.43. The number of Topliss-reactive ketones (excluding diaryl/α,β-unsaturated/α-hetero) is 1. The standard InChI is InChI=1S/C33H30N2O4/c1-3-34-33(38)29-19(2)35-27-17-24(16-25-13-14-28(39-25)26-10-5-4-7-23(26)18-36)32(37)31(27)30(29)22-12-11-20-8-6-9-21(20)15-22/h4-5,7,10-15,17-18,30-31H,3,6,8-9,16H2,1-2H3,(H,34,38). The lowest BCUT2D eigenvalue weighted by atomic mass is 9.74. The number of amides is 1. The zero-order chi connectivity index (χ0) is 27.1. The van der Waals surface area contributed by atoms with E-state index in [4.69, 9.17) is 9.41 Å². The average molecular weight is 519 g/mol. The molecule has 1 aromatic heterocycles. The Bertz CT molecular complexity index is 1600. The van der Waals surface area contributed by atoms with Gasteiger partial charge in [0.25, 0.3) is 0 Å². The van der Waals surface area contributed by atoms with E-state index in [1.807, 2.05) is 50.3 Å². The number of hydrogen-bond donors (Lipinski definition) is 1. The molecule has 0 saturated heterocycles. The normalized spacial score (nSPS) is 19.9. The number of carbonyl (C=O) groups is 3. The highest BCUT2D eigenvalue weighted by Gasteiger charge is 2.45. The first-order chi connectivity index (χ1) is 19.0. The molecule has 196 valence electrons. The molecular formula is C33H30N2O4. The first-order valence-corrected chi connectivity index (χ1v) is 13.6. The topological polar surface area (TPSA) is 88.7 Å². The number of nitrogens with one attached hydrogen (secondary N) is 1. The van der Waals surface area contributed by atoms with Crippen molar-refractivity contribution in [3.63, 3.8) is 0 Å². The van der Waals surface area contributed by atoms with Gasteiger partial charge in [-0.15, -0.1) is 0 Å². The summed E-state index contributed by atoms with van der Waals surface area (Å²) in [6, 6.07) is 17.4. The van der Waals surface area contributed by atoms with E-state index in [0.717, 1.165) is 31.1 Å². The first kappa shape index (κ1) is 25.0. The summed E-state index contributed by atoms with van der Waals surface area (Å²) < 4.78 is 6.08. The number of aryl methyl sites for hydroxylation is 2. The highest BCUT2D eigenvalue weighted by atomic mass is 16.3. The Morgan fingerprint density at radius 2 is 1.90 bits per heavy atom. The lowest BCUT2D eigenvalue weighted by Gasteiger charge is -2.30. The Morgan fingerprint density at radius 3 is 2.72 bits per heavy atom. The molecule has 2 aliphatic carbocycles. The molecule has 6 heteroatoms. The molecule has 0 radical (unpaired) electrons. The second kappa shape index (κ2) is 10.1. The van der Waals surface area contributed by atoms with Gasteiger partial charge in [0.15, 0.2) is 12.1 Å². The minimum Gasteiger partial charge on any atom is -0.461 e. The van der Waals surface area contributed by atoms with Crippen LogP contribution in [0.15, 0.2) is 86.9 Å². The Balaban J connectivity index is 1.35. The predicted octanol–water partition coefficient (Wildman–Crippen LogP) is 5.56. The molecule has 3 aromatic rings. The Hall–Kier alpha value is -4.32. The second-order valence-corrected chi connectivity index (χ2v) is 10.4. The van der Waals surface area contributed by atoms with E-state index in [-0.39, 0.29) is 11.7 Å². The van der Waals surface area contributed by atoms with Crippen molar-refractivity contribution in [3.8, 4) is 11.3 Å². The van der Waals surface area contributed by atoms with Crippen molar-refractivity contribution >= 4 is 23.7 Å². The van der Waals surface area contributed by atoms with Crippen LogP contribution in [0.5, 0.6) is 0 Å². The third-order valence-electron chi connectivity index (χ3n) is 8.01. The summed E-state index contributed by atoms with van der Waals surface area (Å²) in [7, 11) is 0. The van der Waals surface area contributed by atoms with E-state index < -0.39 is 11.8 Å². The van der Waals surface area contributed by atoms with Gasteiger partial charge in [-0.1, -0.05) is 42.5 Å². The van der Waals surface area contributed by atoms with E-state index in [2.05, 4.69) is 23.5 Å². The maximum atomic E-state index is 14.0. The number of nitrogens with zero attached hydrogens (tertiary/aromatic N) is 1. The molecule has 2 atom stereocenters. The van der Waals surface area contributed by atoms with Gasteiger partial charge in [-0.05, 0) is 68.0 Å². The maximum Gasteiger partial charge on any atom is 0.249 e. The third kappa shape index (κ3) is 4.40. The molecule has 39 heavy (non-hydrogen) atoms. The van der Waals surface area contributed by atoms with E-state index in [0.29, 0.717) is 58.2 Å². The van der Waals surface area contributed by atoms with Crippen molar-refractivity contribution in [1.82, 2.24) is 5.32 Å². The zero-order valence-corrected chi connectivity index (χ0v) is 22.1. The molecule has 2 unspecified atom stereocenters. The van der Waals surface area contributed by atoms with Crippen molar-refractivity contribution in [3.05, 3.63) is 106 Å². The molecule has 6 nitrogen and oxygen atoms in total. The van der Waals surface area contributed by atoms with Crippen LogP contribution in [0.3, 0.4) is 0 Å². The maximum absolute atomic E-state index is 14.0. The number of benzene rings is 2. The fraction of sp³-hybridized carbons (Fsp3) is 0.273. The number of allylic oxidation sites excluding steroid dienone is 3. The molecule has 1 N–H and O–H groups in total. The lowest BCUT2D eigenvalue weighted by Crippen LogP contribution is -2.36. The Morgan fingerprint density at radius 1 is 1.08 bits per heavy atom. The molecule has 3 aliphatic rings. The molecule has 0 spiro atoms. The van der Waals surface area contributed by atoms with Crippen molar-refractivity contribution in [2.24, 2.45) is 10.9 Å². The summed E-state index contributed by atoms with van der Waals surface area (Å²) in [5.74, 6) is 0.0653. The summed E-state index contributed by atoms with van der Waals surface area (Å²) in [5, 5.41) is 2.94. The van der Waals surface area contributed by atoms with Crippen LogP contribution in [0.4, 0.5) is 0 Å². The molecule has 0 bridgehead atoms. The Labute approximate surface area is 227 Å². The fourth-order valence-electron chi connectivity index (χ4n) is 6.22. The van der Waals surface area contributed by atoms with Crippen LogP contribution in [0.25, 0.3) is 11.3 Å². The molecular weight excluding hydrogens is 488 g/mol. The van der Waals surface area contributed by atoms with Crippen LogP contribution in [-0.4, -0.2) is 30.2 Å². The minimum absolute atomic E-state index is 0.0280. The number of rotatable bonds is 7. The van der Waals surface area contributed by atoms with Crippen molar-refractivity contribution < 1.29 is 18.8 Å². The van der Waals surface area contributed by atoms with Gasteiger partial charge in [0.2, 0.25) is 5.91 Å². The highest BCUT2D eigenvalue weighted by Crippen LogP contribution is 2.44. The van der Waals surface area contributed by atoms with Crippen LogP contribution in [0.1, 0.15) is 59.0 Å². The third-order valence-corrected chi connectivity index (χ3v) is 8.01. The largest absolute Gasteiger partial charge is 0.461 e. The molecule has 0 saturated carbocycles. The lowest BCUT2D eigenvalue weighted by molar-refractivity contribution is -0.118. The van der Waals surface area contributed by atoms with Gasteiger partial charge in [-0.2, -0.15) is 0 Å². The number of aldehydes is 1. The van der Waals surface area contributed by atoms with E-state index in [1.165, 1.54) is 11.1 Å². The van der Waals surface area contributed by atoms with E-state index in [9.17, 15) is 14.4 Å². The van der Waals surface area contributed by atoms with Crippen LogP contribution >= 0.6 is 0 Å². The van der Waals surface area contributed by atoms with Gasteiger partial charge in [-0.3, -0.25) is 19.4 Å². The SMILES string of the molecule is CCNC(=O)C1=C(C)N=C2C=C(Cc3ccc(-c4ccccc4C=O)o3)C(=O)C2C1c1ccc2c(c1)CCC2. The number of ketones is 1. The van der Waals surface area contributed by atoms with E-state index >= 15 is 0 Å². The van der Waals surface area contributed by atoms with Gasteiger partial charge in [0.1, 0.15) is 11.5 Å². The molecule has 2 heterocycles. The van der Waals surface area contributed by atoms with Crippen molar-refractivity contribution in [2.45, 2.75) is 45.4 Å². The number of aliphatic imine (C=N–C) groups is 1. The van der Waals surface area contributed by atoms with Crippen molar-refractivity contribution in [2.75, 3.05) is 6.54 Å². The average Bonchev–Trinajstić information content (AvgIpc) is 3.67. The number of hydrogen-bond acceptors (Lipinski definition) is 5. The smallest absolute Gasteiger partial charge is 0.249 e. The van der Waals surface area contributed by atoms with Crippen LogP contribution in [0, 0.1) is 5.92 Å². The summed E-state index contributed by atoms with van der Waals surface area (Å²) in [6.07, 6.45) is 6.21. The molecule has 6 rings (SSSR count). The second-order valence-electron chi connectivity index (χ2n) is 10.4. The van der Waals surface area contributed by atoms with E-state index in [1.54, 1.807) is 6.07 Å². The van der Waals surface area contributed by atoms with Crippen molar-refractivity contribution in [1.29, 1.82) is 0 Å². The molecule has 1 amide bonds. The van der Waals surface area contributed by atoms with Gasteiger partial charge in [-0.25, -0.2) is 0 Å². The summed E-state index contributed by atoms with van der Waals surface area (Å²) in [6.45, 7) is 4.24. The predicted molar refractivity (Wildman–Crippen MR) is 150 cm³/mol. The fourth-order valence-corrected chi connectivity index (χ4v) is 6.22. The summed E-state index contributed by atoms with van der Waals surface area (Å²) >= 11 is 0. The van der Waals surface area contributed by atoms with Crippen LogP contribution in [-0.2, 0) is 28.9 Å². The molecule has 1 aliphatic heterocycles.